The highest BCUT2D eigenvalue weighted by molar-refractivity contribution is 14.1. The molecule has 0 radical (unpaired) electrons. The highest BCUT2D eigenvalue weighted by atomic mass is 127. The number of aromatic amines is 1. The number of nitrogens with one attached hydrogen (secondary N) is 1. The van der Waals surface area contributed by atoms with Crippen molar-refractivity contribution in [3.05, 3.63) is 20.7 Å². The van der Waals surface area contributed by atoms with Gasteiger partial charge in [0, 0.05) is 9.77 Å². The summed E-state index contributed by atoms with van der Waals surface area (Å²) in [5, 5.41) is 1.35. The van der Waals surface area contributed by atoms with Gasteiger partial charge in [0.1, 0.15) is 5.65 Å². The van der Waals surface area contributed by atoms with Crippen LogP contribution in [0.15, 0.2) is 6.20 Å². The summed E-state index contributed by atoms with van der Waals surface area (Å²) in [4.78, 5) is 11.1. The van der Waals surface area contributed by atoms with Gasteiger partial charge in [0.2, 0.25) is 5.28 Å². The number of fused-ring (bicyclic) bond motifs is 1. The lowest BCUT2D eigenvalue weighted by Crippen LogP contribution is -1.88. The largest absolute Gasteiger partial charge is 0.345 e. The van der Waals surface area contributed by atoms with Gasteiger partial charge in [-0.25, -0.2) is 4.98 Å². The van der Waals surface area contributed by atoms with E-state index in [2.05, 4.69) is 37.5 Å². The maximum Gasteiger partial charge on any atom is 0.224 e. The lowest BCUT2D eigenvalue weighted by molar-refractivity contribution is 1.14. The van der Waals surface area contributed by atoms with Crippen molar-refractivity contribution in [3.63, 3.8) is 0 Å². The second kappa shape index (κ2) is 2.85. The average Bonchev–Trinajstić information content (AvgIpc) is 2.31. The van der Waals surface area contributed by atoms with Crippen LogP contribution in [-0.2, 0) is 0 Å². The molecule has 0 amide bonds. The van der Waals surface area contributed by atoms with Crippen LogP contribution in [0.25, 0.3) is 11.0 Å². The van der Waals surface area contributed by atoms with Gasteiger partial charge in [-0.3, -0.25) is 0 Å². The van der Waals surface area contributed by atoms with E-state index in [1.165, 1.54) is 0 Å². The molecule has 0 unspecified atom stereocenters. The Balaban J connectivity index is 2.93. The topological polar surface area (TPSA) is 41.6 Å². The van der Waals surface area contributed by atoms with Crippen molar-refractivity contribution in [2.45, 2.75) is 6.92 Å². The monoisotopic (exact) mass is 293 g/mol. The van der Waals surface area contributed by atoms with Crippen molar-refractivity contribution in [1.29, 1.82) is 0 Å². The number of hydrogen-bond acceptors (Lipinski definition) is 2. The van der Waals surface area contributed by atoms with E-state index >= 15 is 0 Å². The van der Waals surface area contributed by atoms with Crippen LogP contribution >= 0.6 is 34.2 Å². The molecule has 2 heterocycles. The Hall–Kier alpha value is -0.360. The number of rotatable bonds is 0. The first kappa shape index (κ1) is 8.25. The predicted octanol–water partition coefficient (Wildman–Crippen LogP) is 2.52. The number of aryl methyl sites for hydroxylation is 1. The molecular formula is C7H5ClIN3. The summed E-state index contributed by atoms with van der Waals surface area (Å²) >= 11 is 7.92. The van der Waals surface area contributed by atoms with E-state index in [4.69, 9.17) is 11.6 Å². The molecule has 3 nitrogen and oxygen atoms in total. The van der Waals surface area contributed by atoms with E-state index in [0.717, 1.165) is 20.3 Å². The molecule has 0 aromatic carbocycles. The fraction of sp³-hybridized carbons (Fsp3) is 0.143. The number of nitrogens with zero attached hydrogens (tertiary/aromatic N) is 2. The lowest BCUT2D eigenvalue weighted by atomic mass is 10.3. The van der Waals surface area contributed by atoms with E-state index in [9.17, 15) is 0 Å². The van der Waals surface area contributed by atoms with Crippen molar-refractivity contribution < 1.29 is 0 Å². The van der Waals surface area contributed by atoms with Crippen LogP contribution in [0.4, 0.5) is 0 Å². The molecule has 12 heavy (non-hydrogen) atoms. The van der Waals surface area contributed by atoms with Crippen molar-refractivity contribution in [1.82, 2.24) is 15.0 Å². The Kier molecular flexibility index (Phi) is 1.96. The second-order valence-electron chi connectivity index (χ2n) is 2.44. The molecule has 0 saturated carbocycles. The Morgan fingerprint density at radius 3 is 3.00 bits per heavy atom. The first-order chi connectivity index (χ1) is 5.68. The van der Waals surface area contributed by atoms with Crippen molar-refractivity contribution in [2.75, 3.05) is 0 Å². The zero-order valence-electron chi connectivity index (χ0n) is 6.23. The van der Waals surface area contributed by atoms with Gasteiger partial charge >= 0.3 is 0 Å². The summed E-state index contributed by atoms with van der Waals surface area (Å²) in [6.45, 7) is 1.92. The van der Waals surface area contributed by atoms with Crippen LogP contribution in [0.3, 0.4) is 0 Å². The van der Waals surface area contributed by atoms with E-state index in [1.807, 2.05) is 13.1 Å². The third kappa shape index (κ3) is 1.19. The molecule has 0 spiro atoms. The average molecular weight is 293 g/mol. The third-order valence-corrected chi connectivity index (χ3v) is 2.66. The highest BCUT2D eigenvalue weighted by Gasteiger charge is 2.07. The Morgan fingerprint density at radius 2 is 2.25 bits per heavy atom. The first-order valence-corrected chi connectivity index (χ1v) is 4.81. The Labute approximate surface area is 87.7 Å². The summed E-state index contributed by atoms with van der Waals surface area (Å²) in [7, 11) is 0. The van der Waals surface area contributed by atoms with E-state index in [0.29, 0.717) is 5.28 Å². The normalized spacial score (nSPS) is 10.9. The maximum absolute atomic E-state index is 5.69. The Bertz CT molecular complexity index is 437. The standard InChI is InChI=1S/C7H5ClIN3/c1-3-5-4(9)2-10-6(5)12-7(8)11-3/h2H,1H3,(H,10,11,12). The molecule has 5 heteroatoms. The zero-order valence-corrected chi connectivity index (χ0v) is 9.14. The van der Waals surface area contributed by atoms with Crippen LogP contribution < -0.4 is 0 Å². The molecule has 2 aromatic rings. The van der Waals surface area contributed by atoms with Gasteiger partial charge in [0.05, 0.1) is 11.1 Å². The summed E-state index contributed by atoms with van der Waals surface area (Å²) in [6, 6.07) is 0. The molecule has 0 bridgehead atoms. The van der Waals surface area contributed by atoms with Crippen LogP contribution in [0.1, 0.15) is 5.69 Å². The summed E-state index contributed by atoms with van der Waals surface area (Å²) in [5.41, 5.74) is 1.72. The molecule has 62 valence electrons. The first-order valence-electron chi connectivity index (χ1n) is 3.35. The number of halogens is 2. The van der Waals surface area contributed by atoms with Crippen LogP contribution in [0, 0.1) is 10.5 Å². The summed E-state index contributed by atoms with van der Waals surface area (Å²) in [6.07, 6.45) is 1.89. The molecule has 0 aliphatic heterocycles. The molecule has 1 N–H and O–H groups in total. The van der Waals surface area contributed by atoms with Crippen LogP contribution in [-0.4, -0.2) is 15.0 Å². The van der Waals surface area contributed by atoms with Gasteiger partial charge in [0.25, 0.3) is 0 Å². The maximum atomic E-state index is 5.69. The molecule has 0 aliphatic rings. The lowest BCUT2D eigenvalue weighted by Gasteiger charge is -1.95. The van der Waals surface area contributed by atoms with E-state index in [1.54, 1.807) is 0 Å². The molecule has 0 aliphatic carbocycles. The fourth-order valence-corrected chi connectivity index (χ4v) is 2.15. The minimum absolute atomic E-state index is 0.290. The molecular weight excluding hydrogens is 288 g/mol. The fourth-order valence-electron chi connectivity index (χ4n) is 1.13. The number of hydrogen-bond donors (Lipinski definition) is 1. The highest BCUT2D eigenvalue weighted by Crippen LogP contribution is 2.21. The van der Waals surface area contributed by atoms with Gasteiger partial charge in [-0.05, 0) is 41.1 Å². The van der Waals surface area contributed by atoms with Crippen molar-refractivity contribution >= 4 is 45.2 Å². The molecule has 0 fully saturated rings. The van der Waals surface area contributed by atoms with Crippen molar-refractivity contribution in [3.8, 4) is 0 Å². The number of H-pyrrole nitrogens is 1. The smallest absolute Gasteiger partial charge is 0.224 e. The van der Waals surface area contributed by atoms with Gasteiger partial charge in [0.15, 0.2) is 0 Å². The van der Waals surface area contributed by atoms with Gasteiger partial charge in [-0.15, -0.1) is 0 Å². The minimum Gasteiger partial charge on any atom is -0.345 e. The predicted molar refractivity (Wildman–Crippen MR) is 56.4 cm³/mol. The SMILES string of the molecule is Cc1nc(Cl)nc2[nH]cc(I)c12. The van der Waals surface area contributed by atoms with E-state index < -0.39 is 0 Å². The Morgan fingerprint density at radius 1 is 1.50 bits per heavy atom. The molecule has 2 aromatic heterocycles. The summed E-state index contributed by atoms with van der Waals surface area (Å²) in [5.74, 6) is 0. The summed E-state index contributed by atoms with van der Waals surface area (Å²) < 4.78 is 1.12. The van der Waals surface area contributed by atoms with Gasteiger partial charge in [-0.1, -0.05) is 0 Å². The van der Waals surface area contributed by atoms with Crippen LogP contribution in [0.5, 0.6) is 0 Å². The van der Waals surface area contributed by atoms with Gasteiger partial charge < -0.3 is 4.98 Å². The quantitative estimate of drug-likeness (QED) is 0.599. The molecule has 0 atom stereocenters. The van der Waals surface area contributed by atoms with Crippen molar-refractivity contribution in [2.24, 2.45) is 0 Å². The molecule has 0 saturated heterocycles. The number of aromatic nitrogens is 3. The minimum atomic E-state index is 0.290. The molecule has 2 rings (SSSR count). The van der Waals surface area contributed by atoms with Gasteiger partial charge in [-0.2, -0.15) is 4.98 Å². The zero-order chi connectivity index (χ0) is 8.72. The van der Waals surface area contributed by atoms with E-state index in [-0.39, 0.29) is 0 Å². The van der Waals surface area contributed by atoms with Crippen LogP contribution in [0.2, 0.25) is 5.28 Å². The second-order valence-corrected chi connectivity index (χ2v) is 3.94. The third-order valence-electron chi connectivity index (χ3n) is 1.64.